The second-order valence-electron chi connectivity index (χ2n) is 17.8. The minimum Gasteiger partial charge on any atom is -0.0991 e. The van der Waals surface area contributed by atoms with E-state index < -0.39 is 5.41 Å². The predicted octanol–water partition coefficient (Wildman–Crippen LogP) is 17.0. The minimum absolute atomic E-state index is 0.405. The summed E-state index contributed by atoms with van der Waals surface area (Å²) in [5, 5.41) is 7.61. The van der Waals surface area contributed by atoms with E-state index in [-0.39, 0.29) is 0 Å². The maximum absolute atomic E-state index is 3.96. The van der Waals surface area contributed by atoms with Gasteiger partial charge in [-0.15, -0.1) is 0 Å². The zero-order valence-corrected chi connectivity index (χ0v) is 35.8. The SMILES string of the molecule is C=C/C=C\c1c(C)cccc1-c1c2ccccc2c(-c2ccc(-c3ccc4c5c(ccc4c3)-c3ccc4c(c3C53c5ccccc5-c5ccccc53)C=CCC4)cc2)c2ccccc12. The van der Waals surface area contributed by atoms with Crippen LogP contribution in [0.3, 0.4) is 0 Å². The van der Waals surface area contributed by atoms with E-state index in [0.717, 1.165) is 12.8 Å². The van der Waals surface area contributed by atoms with Gasteiger partial charge in [0, 0.05) is 0 Å². The van der Waals surface area contributed by atoms with Gasteiger partial charge in [-0.25, -0.2) is 0 Å². The van der Waals surface area contributed by atoms with E-state index in [1.807, 2.05) is 12.2 Å². The Balaban J connectivity index is 0.971. The topological polar surface area (TPSA) is 0 Å². The minimum atomic E-state index is -0.405. The van der Waals surface area contributed by atoms with Crippen LogP contribution in [-0.2, 0) is 11.8 Å². The molecule has 0 radical (unpaired) electrons. The summed E-state index contributed by atoms with van der Waals surface area (Å²) < 4.78 is 0. The Morgan fingerprint density at radius 1 is 0.484 bits per heavy atom. The highest BCUT2D eigenvalue weighted by Gasteiger charge is 2.53. The lowest BCUT2D eigenvalue weighted by Crippen LogP contribution is -2.27. The van der Waals surface area contributed by atoms with Gasteiger partial charge in [0.2, 0.25) is 0 Å². The van der Waals surface area contributed by atoms with Gasteiger partial charge in [0.05, 0.1) is 5.41 Å². The molecular weight excluding hydrogens is 769 g/mol. The number of allylic oxidation sites excluding steroid dienone is 3. The molecule has 10 aromatic carbocycles. The van der Waals surface area contributed by atoms with E-state index in [4.69, 9.17) is 0 Å². The monoisotopic (exact) mass is 812 g/mol. The van der Waals surface area contributed by atoms with E-state index in [1.54, 1.807) is 0 Å². The number of benzene rings is 10. The maximum atomic E-state index is 3.96. The molecule has 0 nitrogen and oxygen atoms in total. The van der Waals surface area contributed by atoms with E-state index in [9.17, 15) is 0 Å². The van der Waals surface area contributed by atoms with Gasteiger partial charge < -0.3 is 0 Å². The van der Waals surface area contributed by atoms with Crippen LogP contribution in [0, 0.1) is 6.92 Å². The molecule has 0 saturated heterocycles. The number of hydrogen-bond donors (Lipinski definition) is 0. The lowest BCUT2D eigenvalue weighted by Gasteiger charge is -2.33. The second kappa shape index (κ2) is 14.1. The molecule has 0 atom stereocenters. The predicted molar refractivity (Wildman–Crippen MR) is 273 cm³/mol. The highest BCUT2D eigenvalue weighted by Crippen LogP contribution is 2.65. The molecule has 1 spiro atoms. The molecule has 13 rings (SSSR count). The van der Waals surface area contributed by atoms with Crippen molar-refractivity contribution in [3.05, 3.63) is 251 Å². The Morgan fingerprint density at radius 2 is 1.08 bits per heavy atom. The first kappa shape index (κ1) is 36.8. The van der Waals surface area contributed by atoms with Gasteiger partial charge in [-0.3, -0.25) is 0 Å². The van der Waals surface area contributed by atoms with Crippen LogP contribution in [0.15, 0.2) is 207 Å². The van der Waals surface area contributed by atoms with Crippen molar-refractivity contribution < 1.29 is 0 Å². The molecule has 3 aliphatic rings. The molecule has 0 heteroatoms. The van der Waals surface area contributed by atoms with Gasteiger partial charge in [-0.1, -0.05) is 213 Å². The van der Waals surface area contributed by atoms with E-state index >= 15 is 0 Å². The fourth-order valence-corrected chi connectivity index (χ4v) is 12.0. The Kier molecular flexibility index (Phi) is 8.12. The first-order chi connectivity index (χ1) is 31.6. The largest absolute Gasteiger partial charge is 0.0991 e. The van der Waals surface area contributed by atoms with Crippen LogP contribution in [0.25, 0.3) is 100 Å². The van der Waals surface area contributed by atoms with Gasteiger partial charge in [0.15, 0.2) is 0 Å². The van der Waals surface area contributed by atoms with Crippen LogP contribution < -0.4 is 0 Å². The summed E-state index contributed by atoms with van der Waals surface area (Å²) in [5.41, 5.74) is 23.4. The van der Waals surface area contributed by atoms with Crippen LogP contribution in [-0.4, -0.2) is 0 Å². The molecule has 0 saturated carbocycles. The van der Waals surface area contributed by atoms with Crippen LogP contribution >= 0.6 is 0 Å². The maximum Gasteiger partial charge on any atom is 0.0737 e. The Labute approximate surface area is 374 Å². The summed E-state index contributed by atoms with van der Waals surface area (Å²) in [5.74, 6) is 0. The molecule has 0 aromatic heterocycles. The average Bonchev–Trinajstić information content (AvgIpc) is 3.83. The number of hydrogen-bond acceptors (Lipinski definition) is 0. The van der Waals surface area contributed by atoms with E-state index in [1.165, 1.54) is 132 Å². The molecule has 3 aliphatic carbocycles. The summed E-state index contributed by atoms with van der Waals surface area (Å²) in [6.07, 6.45) is 13.1. The van der Waals surface area contributed by atoms with E-state index in [2.05, 4.69) is 214 Å². The zero-order chi connectivity index (χ0) is 42.5. The molecular formula is C64H44. The van der Waals surface area contributed by atoms with Crippen LogP contribution in [0.4, 0.5) is 0 Å². The van der Waals surface area contributed by atoms with Gasteiger partial charge >= 0.3 is 0 Å². The average molecular weight is 813 g/mol. The summed E-state index contributed by atoms with van der Waals surface area (Å²) in [7, 11) is 0. The Morgan fingerprint density at radius 3 is 1.78 bits per heavy atom. The lowest BCUT2D eigenvalue weighted by atomic mass is 9.67. The molecule has 0 amide bonds. The smallest absolute Gasteiger partial charge is 0.0737 e. The van der Waals surface area contributed by atoms with Crippen molar-refractivity contribution in [2.45, 2.75) is 25.2 Å². The third-order valence-corrected chi connectivity index (χ3v) is 14.6. The number of aryl methyl sites for hydroxylation is 2. The third kappa shape index (κ3) is 5.06. The molecule has 0 bridgehead atoms. The molecule has 300 valence electrons. The molecule has 0 N–H and O–H groups in total. The highest BCUT2D eigenvalue weighted by molar-refractivity contribution is 6.22. The normalized spacial score (nSPS) is 14.0. The van der Waals surface area contributed by atoms with Gasteiger partial charge in [0.1, 0.15) is 0 Å². The van der Waals surface area contributed by atoms with Gasteiger partial charge in [0.25, 0.3) is 0 Å². The van der Waals surface area contributed by atoms with Crippen molar-refractivity contribution in [3.63, 3.8) is 0 Å². The molecule has 0 heterocycles. The molecule has 10 aromatic rings. The molecule has 64 heavy (non-hydrogen) atoms. The summed E-state index contributed by atoms with van der Waals surface area (Å²) in [4.78, 5) is 0. The summed E-state index contributed by atoms with van der Waals surface area (Å²) >= 11 is 0. The van der Waals surface area contributed by atoms with Crippen LogP contribution in [0.5, 0.6) is 0 Å². The fourth-order valence-electron chi connectivity index (χ4n) is 12.0. The number of fused-ring (bicyclic) bond motifs is 16. The second-order valence-corrected chi connectivity index (χ2v) is 17.8. The highest BCUT2D eigenvalue weighted by atomic mass is 14.5. The van der Waals surface area contributed by atoms with Gasteiger partial charge in [-0.2, -0.15) is 0 Å². The van der Waals surface area contributed by atoms with Crippen molar-refractivity contribution in [3.8, 4) is 55.6 Å². The van der Waals surface area contributed by atoms with Crippen molar-refractivity contribution in [2.24, 2.45) is 0 Å². The molecule has 0 aliphatic heterocycles. The summed E-state index contributed by atoms with van der Waals surface area (Å²) in [6.45, 7) is 6.16. The zero-order valence-electron chi connectivity index (χ0n) is 35.8. The Bertz CT molecular complexity index is 3580. The quantitative estimate of drug-likeness (QED) is 0.120. The van der Waals surface area contributed by atoms with Crippen LogP contribution in [0.2, 0.25) is 0 Å². The fraction of sp³-hybridized carbons (Fsp3) is 0.0625. The van der Waals surface area contributed by atoms with Crippen LogP contribution in [0.1, 0.15) is 50.9 Å². The van der Waals surface area contributed by atoms with Crippen molar-refractivity contribution in [2.75, 3.05) is 0 Å². The van der Waals surface area contributed by atoms with Gasteiger partial charge in [-0.05, 0) is 158 Å². The van der Waals surface area contributed by atoms with Crippen molar-refractivity contribution in [1.82, 2.24) is 0 Å². The van der Waals surface area contributed by atoms with Crippen molar-refractivity contribution >= 4 is 44.5 Å². The molecule has 0 fully saturated rings. The molecule has 0 unspecified atom stereocenters. The number of rotatable bonds is 5. The Hall–Kier alpha value is -7.80. The first-order valence-corrected chi connectivity index (χ1v) is 22.7. The van der Waals surface area contributed by atoms with E-state index in [0.29, 0.717) is 0 Å². The first-order valence-electron chi connectivity index (χ1n) is 22.7. The van der Waals surface area contributed by atoms with Crippen molar-refractivity contribution in [1.29, 1.82) is 0 Å². The lowest BCUT2D eigenvalue weighted by molar-refractivity contribution is 0.793. The third-order valence-electron chi connectivity index (χ3n) is 14.6. The summed E-state index contributed by atoms with van der Waals surface area (Å²) in [6, 6.07) is 69.0. The standard InChI is InChI=1S/C64H44/c1-3-4-18-46-40(2)16-15-26-51(46)61-54-24-9-7-22-52(54)60(53-23-8-10-25-55(53)61)43-31-29-41(30-32-43)44-34-36-48-45(39-44)35-38-57-56-37-33-42-17-5-6-19-47(42)62(56)64(63(48)57)58-27-13-11-20-49(58)50-21-12-14-28-59(50)64/h3-4,6-16,18-39H,1,5,17H2,2H3/b18-4-.